The maximum atomic E-state index is 12.1. The number of pyridine rings is 1. The minimum Gasteiger partial charge on any atom is -0.404 e. The third-order valence-electron chi connectivity index (χ3n) is 5.95. The molecule has 4 rings (SSSR count). The molecule has 8 heteroatoms. The summed E-state index contributed by atoms with van der Waals surface area (Å²) >= 11 is 0. The molecule has 3 aromatic heterocycles. The molecule has 0 aliphatic carbocycles. The second-order valence-electron chi connectivity index (χ2n) is 8.27. The van der Waals surface area contributed by atoms with Gasteiger partial charge in [0.05, 0.1) is 11.9 Å². The van der Waals surface area contributed by atoms with E-state index in [1.54, 1.807) is 17.1 Å². The summed E-state index contributed by atoms with van der Waals surface area (Å²) in [5.41, 5.74) is 14.7. The molecular weight excluding hydrogens is 438 g/mol. The summed E-state index contributed by atoms with van der Waals surface area (Å²) in [6.45, 7) is 10.2. The molecule has 0 unspecified atom stereocenters. The first-order chi connectivity index (χ1) is 16.9. The Bertz CT molecular complexity index is 1490. The van der Waals surface area contributed by atoms with Crippen LogP contribution in [-0.4, -0.2) is 38.4 Å². The Morgan fingerprint density at radius 1 is 1.31 bits per heavy atom. The highest BCUT2D eigenvalue weighted by molar-refractivity contribution is 6.12. The highest BCUT2D eigenvalue weighted by Gasteiger charge is 2.21. The fourth-order valence-electron chi connectivity index (χ4n) is 4.16. The number of aromatic nitrogens is 4. The Balaban J connectivity index is 2.02. The summed E-state index contributed by atoms with van der Waals surface area (Å²) in [4.78, 5) is 24.7. The van der Waals surface area contributed by atoms with Crippen molar-refractivity contribution in [2.24, 2.45) is 17.8 Å². The highest BCUT2D eigenvalue weighted by atomic mass is 16.1. The molecule has 0 fully saturated rings. The highest BCUT2D eigenvalue weighted by Crippen LogP contribution is 2.42. The molecule has 0 saturated carbocycles. The number of anilines is 1. The number of nitrogens with zero attached hydrogens (tertiary/aromatic N) is 4. The van der Waals surface area contributed by atoms with E-state index in [0.717, 1.165) is 61.4 Å². The molecule has 0 saturated heterocycles. The van der Waals surface area contributed by atoms with E-state index in [4.69, 9.17) is 10.7 Å². The van der Waals surface area contributed by atoms with Crippen LogP contribution in [0.25, 0.3) is 39.0 Å². The lowest BCUT2D eigenvalue weighted by Gasteiger charge is -2.16. The average Bonchev–Trinajstić information content (AvgIpc) is 3.45. The number of amides is 1. The second kappa shape index (κ2) is 9.80. The molecule has 4 N–H and O–H groups in total. The van der Waals surface area contributed by atoms with Gasteiger partial charge in [0, 0.05) is 71.7 Å². The van der Waals surface area contributed by atoms with E-state index in [2.05, 4.69) is 39.1 Å². The number of nitrogens with two attached hydrogens (primary N) is 1. The molecule has 3 heterocycles. The standard InChI is InChI=1S/C27H29N7O/c1-6-23(35)32-25-16(3)8-9-21(17(25)4)24-22-10-18(19(11-28)12-29-7-2)13-30-27(22)33-26(24)20-14-31-34(5)15-20/h6,8-15H,1,7,28H2,2-5H3,(H,30,33)(H,32,35)/b19-11+,29-12?. The van der Waals surface area contributed by atoms with Crippen LogP contribution < -0.4 is 11.1 Å². The topological polar surface area (TPSA) is 114 Å². The van der Waals surface area contributed by atoms with Crippen LogP contribution in [-0.2, 0) is 11.8 Å². The van der Waals surface area contributed by atoms with Gasteiger partial charge in [0.1, 0.15) is 5.65 Å². The molecule has 0 spiro atoms. The Hall–Kier alpha value is -4.46. The summed E-state index contributed by atoms with van der Waals surface area (Å²) in [5.74, 6) is -0.253. The van der Waals surface area contributed by atoms with Gasteiger partial charge in [0.15, 0.2) is 0 Å². The van der Waals surface area contributed by atoms with Crippen molar-refractivity contribution in [2.75, 3.05) is 11.9 Å². The van der Waals surface area contributed by atoms with Crippen molar-refractivity contribution in [3.63, 3.8) is 0 Å². The van der Waals surface area contributed by atoms with Crippen molar-refractivity contribution >= 4 is 34.4 Å². The van der Waals surface area contributed by atoms with Crippen LogP contribution in [0.3, 0.4) is 0 Å². The molecule has 1 aromatic carbocycles. The Labute approximate surface area is 204 Å². The smallest absolute Gasteiger partial charge is 0.247 e. The van der Waals surface area contributed by atoms with Crippen LogP contribution in [0.15, 0.2) is 60.6 Å². The first kappa shape index (κ1) is 23.7. The number of fused-ring (bicyclic) bond motifs is 1. The molecule has 0 aliphatic heterocycles. The maximum absolute atomic E-state index is 12.1. The largest absolute Gasteiger partial charge is 0.404 e. The number of carbonyl (C=O) groups is 1. The number of benzene rings is 1. The van der Waals surface area contributed by atoms with E-state index in [0.29, 0.717) is 6.54 Å². The van der Waals surface area contributed by atoms with Crippen molar-refractivity contribution in [3.05, 3.63) is 72.3 Å². The lowest BCUT2D eigenvalue weighted by Crippen LogP contribution is -2.10. The molecule has 0 atom stereocenters. The van der Waals surface area contributed by atoms with Crippen molar-refractivity contribution in [2.45, 2.75) is 20.8 Å². The zero-order valence-electron chi connectivity index (χ0n) is 20.4. The van der Waals surface area contributed by atoms with Gasteiger partial charge >= 0.3 is 0 Å². The van der Waals surface area contributed by atoms with Gasteiger partial charge in [-0.15, -0.1) is 0 Å². The van der Waals surface area contributed by atoms with Gasteiger partial charge < -0.3 is 16.0 Å². The van der Waals surface area contributed by atoms with Gasteiger partial charge in [-0.1, -0.05) is 18.7 Å². The third kappa shape index (κ3) is 4.50. The predicted octanol–water partition coefficient (Wildman–Crippen LogP) is 4.76. The molecule has 1 amide bonds. The number of hydrogen-bond acceptors (Lipinski definition) is 5. The van der Waals surface area contributed by atoms with Crippen LogP contribution >= 0.6 is 0 Å². The average molecular weight is 468 g/mol. The monoisotopic (exact) mass is 467 g/mol. The number of rotatable bonds is 7. The molecule has 0 bridgehead atoms. The van der Waals surface area contributed by atoms with Crippen LogP contribution in [0.5, 0.6) is 0 Å². The van der Waals surface area contributed by atoms with E-state index in [9.17, 15) is 4.79 Å². The zero-order valence-corrected chi connectivity index (χ0v) is 20.4. The van der Waals surface area contributed by atoms with Gasteiger partial charge in [-0.2, -0.15) is 5.10 Å². The molecule has 8 nitrogen and oxygen atoms in total. The number of hydrogen-bond donors (Lipinski definition) is 3. The van der Waals surface area contributed by atoms with Crippen LogP contribution in [0.2, 0.25) is 0 Å². The number of carbonyl (C=O) groups excluding carboxylic acids is 1. The van der Waals surface area contributed by atoms with Gasteiger partial charge in [0.2, 0.25) is 5.91 Å². The van der Waals surface area contributed by atoms with E-state index >= 15 is 0 Å². The van der Waals surface area contributed by atoms with Crippen molar-refractivity contribution < 1.29 is 4.79 Å². The fourth-order valence-corrected chi connectivity index (χ4v) is 4.16. The van der Waals surface area contributed by atoms with Crippen LogP contribution in [0.1, 0.15) is 23.6 Å². The predicted molar refractivity (Wildman–Crippen MR) is 143 cm³/mol. The Morgan fingerprint density at radius 2 is 2.11 bits per heavy atom. The SMILES string of the molecule is C=CC(=O)Nc1c(C)ccc(-c2c(-c3cnn(C)c3)[nH]c3ncc(/C(C=NCC)=C/N)cc23)c1C. The molecular formula is C27H29N7O. The number of aryl methyl sites for hydroxylation is 2. The second-order valence-corrected chi connectivity index (χ2v) is 8.27. The summed E-state index contributed by atoms with van der Waals surface area (Å²) in [6.07, 6.45) is 10.1. The molecule has 4 aromatic rings. The minimum absolute atomic E-state index is 0.253. The van der Waals surface area contributed by atoms with E-state index in [1.165, 1.54) is 12.3 Å². The Morgan fingerprint density at radius 3 is 2.77 bits per heavy atom. The number of nitrogens with one attached hydrogen (secondary N) is 2. The van der Waals surface area contributed by atoms with Gasteiger partial charge in [0.25, 0.3) is 0 Å². The summed E-state index contributed by atoms with van der Waals surface area (Å²) in [6, 6.07) is 6.14. The summed E-state index contributed by atoms with van der Waals surface area (Å²) in [5, 5.41) is 8.25. The molecule has 178 valence electrons. The summed E-state index contributed by atoms with van der Waals surface area (Å²) < 4.78 is 1.76. The van der Waals surface area contributed by atoms with Crippen LogP contribution in [0, 0.1) is 13.8 Å². The summed E-state index contributed by atoms with van der Waals surface area (Å²) in [7, 11) is 1.88. The van der Waals surface area contributed by atoms with Gasteiger partial charge in [-0.25, -0.2) is 4.98 Å². The zero-order chi connectivity index (χ0) is 25.1. The lowest BCUT2D eigenvalue weighted by molar-refractivity contribution is -0.111. The van der Waals surface area contributed by atoms with Crippen molar-refractivity contribution in [3.8, 4) is 22.4 Å². The third-order valence-corrected chi connectivity index (χ3v) is 5.95. The number of aliphatic imine (C=N–C) groups is 1. The Kier molecular flexibility index (Phi) is 6.64. The van der Waals surface area contributed by atoms with Crippen molar-refractivity contribution in [1.82, 2.24) is 19.7 Å². The normalized spacial score (nSPS) is 11.9. The maximum Gasteiger partial charge on any atom is 0.247 e. The molecule has 0 aliphatic rings. The molecule has 35 heavy (non-hydrogen) atoms. The number of H-pyrrole nitrogens is 1. The van der Waals surface area contributed by atoms with Gasteiger partial charge in [-0.3, -0.25) is 14.5 Å². The number of aromatic amines is 1. The molecule has 0 radical (unpaired) electrons. The quantitative estimate of drug-likeness (QED) is 0.268. The lowest BCUT2D eigenvalue weighted by atomic mass is 9.93. The van der Waals surface area contributed by atoms with E-state index < -0.39 is 0 Å². The van der Waals surface area contributed by atoms with E-state index in [-0.39, 0.29) is 5.91 Å². The minimum atomic E-state index is -0.253. The first-order valence-corrected chi connectivity index (χ1v) is 11.3. The van der Waals surface area contributed by atoms with Crippen LogP contribution in [0.4, 0.5) is 5.69 Å². The first-order valence-electron chi connectivity index (χ1n) is 11.3. The fraction of sp³-hybridized carbons (Fsp3) is 0.185. The van der Waals surface area contributed by atoms with Gasteiger partial charge in [-0.05, 0) is 49.6 Å². The van der Waals surface area contributed by atoms with E-state index in [1.807, 2.05) is 46.3 Å². The van der Waals surface area contributed by atoms with Crippen molar-refractivity contribution in [1.29, 1.82) is 0 Å². The number of allylic oxidation sites excluding steroid dienone is 1.